The Morgan fingerprint density at radius 3 is 2.33 bits per heavy atom. The standard InChI is InChI=1S/C18H30N2O4/c1-10(2)4-14(16(21)24-3)19-17(22)20-15-12-5-11-6-13(15)9-18(23,7-11)8-12/h10-15,23H,4-9H2,1-3H3,(H2,19,20,22). The number of carbonyl (C=O) groups excluding carboxylic acids is 2. The van der Waals surface area contributed by atoms with Gasteiger partial charge in [0.05, 0.1) is 12.7 Å². The summed E-state index contributed by atoms with van der Waals surface area (Å²) in [5, 5.41) is 16.5. The third kappa shape index (κ3) is 3.53. The molecule has 136 valence electrons. The zero-order valence-electron chi connectivity index (χ0n) is 14.9. The van der Waals surface area contributed by atoms with E-state index >= 15 is 0 Å². The summed E-state index contributed by atoms with van der Waals surface area (Å²) in [5.74, 6) is 1.20. The van der Waals surface area contributed by atoms with Crippen LogP contribution in [0.25, 0.3) is 0 Å². The minimum atomic E-state index is -0.615. The van der Waals surface area contributed by atoms with Crippen LogP contribution in [0.2, 0.25) is 0 Å². The van der Waals surface area contributed by atoms with Crippen LogP contribution in [0.1, 0.15) is 52.4 Å². The Hall–Kier alpha value is -1.30. The summed E-state index contributed by atoms with van der Waals surface area (Å²) in [6, 6.07) is -0.800. The number of rotatable bonds is 5. The fourth-order valence-corrected chi connectivity index (χ4v) is 5.40. The predicted octanol–water partition coefficient (Wildman–Crippen LogP) is 1.81. The van der Waals surface area contributed by atoms with Crippen LogP contribution < -0.4 is 10.6 Å². The summed E-state index contributed by atoms with van der Waals surface area (Å²) < 4.78 is 4.80. The monoisotopic (exact) mass is 338 g/mol. The van der Waals surface area contributed by atoms with Gasteiger partial charge in [0.25, 0.3) is 0 Å². The lowest BCUT2D eigenvalue weighted by Crippen LogP contribution is -2.63. The van der Waals surface area contributed by atoms with Gasteiger partial charge in [-0.1, -0.05) is 13.8 Å². The van der Waals surface area contributed by atoms with Gasteiger partial charge in [0.1, 0.15) is 6.04 Å². The molecule has 4 fully saturated rings. The first kappa shape index (κ1) is 17.5. The smallest absolute Gasteiger partial charge is 0.328 e. The van der Waals surface area contributed by atoms with Crippen LogP contribution in [0, 0.1) is 23.7 Å². The van der Waals surface area contributed by atoms with Crippen molar-refractivity contribution in [3.8, 4) is 0 Å². The lowest BCUT2D eigenvalue weighted by Gasteiger charge is -2.58. The van der Waals surface area contributed by atoms with Gasteiger partial charge in [-0.15, -0.1) is 0 Å². The summed E-state index contributed by atoms with van der Waals surface area (Å²) in [4.78, 5) is 24.3. The van der Waals surface area contributed by atoms with Crippen LogP contribution in [0.15, 0.2) is 0 Å². The summed E-state index contributed by atoms with van der Waals surface area (Å²) in [6.45, 7) is 4.02. The molecular weight excluding hydrogens is 308 g/mol. The Morgan fingerprint density at radius 1 is 1.21 bits per heavy atom. The number of amides is 2. The number of nitrogens with one attached hydrogen (secondary N) is 2. The third-order valence-electron chi connectivity index (χ3n) is 6.04. The molecule has 0 aromatic rings. The number of methoxy groups -OCH3 is 1. The van der Waals surface area contributed by atoms with Crippen LogP contribution in [-0.4, -0.2) is 41.9 Å². The van der Waals surface area contributed by atoms with Gasteiger partial charge < -0.3 is 20.5 Å². The molecule has 0 radical (unpaired) electrons. The summed E-state index contributed by atoms with van der Waals surface area (Å²) in [5.41, 5.74) is -0.503. The molecule has 0 aromatic carbocycles. The highest BCUT2D eigenvalue weighted by molar-refractivity contribution is 5.83. The van der Waals surface area contributed by atoms with Crippen LogP contribution in [0.4, 0.5) is 4.79 Å². The summed E-state index contributed by atoms with van der Waals surface area (Å²) >= 11 is 0. The summed E-state index contributed by atoms with van der Waals surface area (Å²) in [7, 11) is 1.34. The van der Waals surface area contributed by atoms with Crippen LogP contribution in [0.5, 0.6) is 0 Å². The van der Waals surface area contributed by atoms with Gasteiger partial charge in [-0.3, -0.25) is 0 Å². The average molecular weight is 338 g/mol. The molecule has 6 heteroatoms. The molecule has 0 spiro atoms. The van der Waals surface area contributed by atoms with Gasteiger partial charge in [0.2, 0.25) is 0 Å². The molecule has 0 aromatic heterocycles. The summed E-state index contributed by atoms with van der Waals surface area (Å²) in [6.07, 6.45) is 5.25. The number of ether oxygens (including phenoxy) is 1. The van der Waals surface area contributed by atoms with Crippen LogP contribution in [-0.2, 0) is 9.53 Å². The Bertz CT molecular complexity index is 491. The number of carbonyl (C=O) groups is 2. The second-order valence-electron chi connectivity index (χ2n) is 8.54. The second-order valence-corrected chi connectivity index (χ2v) is 8.54. The minimum Gasteiger partial charge on any atom is -0.467 e. The molecule has 4 saturated carbocycles. The highest BCUT2D eigenvalue weighted by atomic mass is 16.5. The van der Waals surface area contributed by atoms with E-state index in [1.807, 2.05) is 13.8 Å². The molecule has 2 amide bonds. The fourth-order valence-electron chi connectivity index (χ4n) is 5.40. The van der Waals surface area contributed by atoms with E-state index in [1.165, 1.54) is 7.11 Å². The van der Waals surface area contributed by atoms with Crippen molar-refractivity contribution in [3.05, 3.63) is 0 Å². The maximum Gasteiger partial charge on any atom is 0.328 e. The van der Waals surface area contributed by atoms with Crippen molar-refractivity contribution in [2.45, 2.75) is 70.1 Å². The lowest BCUT2D eigenvalue weighted by atomic mass is 9.52. The number of esters is 1. The minimum absolute atomic E-state index is 0.110. The molecule has 6 nitrogen and oxygen atoms in total. The fraction of sp³-hybridized carbons (Fsp3) is 0.889. The predicted molar refractivity (Wildman–Crippen MR) is 89.2 cm³/mol. The number of aliphatic hydroxyl groups is 1. The van der Waals surface area contributed by atoms with Crippen molar-refractivity contribution in [3.63, 3.8) is 0 Å². The zero-order chi connectivity index (χ0) is 17.5. The van der Waals surface area contributed by atoms with Crippen molar-refractivity contribution in [2.24, 2.45) is 23.7 Å². The van der Waals surface area contributed by atoms with Crippen LogP contribution >= 0.6 is 0 Å². The van der Waals surface area contributed by atoms with Gasteiger partial charge in [0, 0.05) is 6.04 Å². The van der Waals surface area contributed by atoms with Crippen molar-refractivity contribution in [1.82, 2.24) is 10.6 Å². The highest BCUT2D eigenvalue weighted by Crippen LogP contribution is 2.55. The molecule has 24 heavy (non-hydrogen) atoms. The Kier molecular flexibility index (Phi) is 4.78. The van der Waals surface area contributed by atoms with E-state index in [1.54, 1.807) is 0 Å². The van der Waals surface area contributed by atoms with E-state index in [4.69, 9.17) is 4.74 Å². The molecule has 4 rings (SSSR count). The molecule has 4 aliphatic carbocycles. The lowest BCUT2D eigenvalue weighted by molar-refractivity contribution is -0.143. The normalized spacial score (nSPS) is 38.0. The largest absolute Gasteiger partial charge is 0.467 e. The van der Waals surface area contributed by atoms with Gasteiger partial charge in [-0.25, -0.2) is 9.59 Å². The van der Waals surface area contributed by atoms with E-state index in [-0.39, 0.29) is 18.0 Å². The molecule has 3 N–H and O–H groups in total. The number of hydrogen-bond acceptors (Lipinski definition) is 4. The maximum atomic E-state index is 12.4. The topological polar surface area (TPSA) is 87.7 Å². The molecule has 3 atom stereocenters. The third-order valence-corrected chi connectivity index (χ3v) is 6.04. The number of hydrogen-bond donors (Lipinski definition) is 3. The van der Waals surface area contributed by atoms with E-state index in [0.717, 1.165) is 32.1 Å². The average Bonchev–Trinajstić information content (AvgIpc) is 2.47. The van der Waals surface area contributed by atoms with Gasteiger partial charge in [0.15, 0.2) is 0 Å². The SMILES string of the molecule is COC(=O)C(CC(C)C)NC(=O)NC1C2CC3CC1CC(O)(C3)C2. The molecule has 0 heterocycles. The van der Waals surface area contributed by atoms with Crippen molar-refractivity contribution in [2.75, 3.05) is 7.11 Å². The van der Waals surface area contributed by atoms with E-state index < -0.39 is 17.6 Å². The highest BCUT2D eigenvalue weighted by Gasteiger charge is 2.55. The van der Waals surface area contributed by atoms with Crippen molar-refractivity contribution >= 4 is 12.0 Å². The second kappa shape index (κ2) is 6.54. The van der Waals surface area contributed by atoms with Crippen molar-refractivity contribution < 1.29 is 19.4 Å². The van der Waals surface area contributed by atoms with E-state index in [0.29, 0.717) is 24.2 Å². The molecule has 0 aliphatic heterocycles. The first-order valence-electron chi connectivity index (χ1n) is 9.17. The Labute approximate surface area is 143 Å². The molecule has 4 bridgehead atoms. The van der Waals surface area contributed by atoms with Crippen molar-refractivity contribution in [1.29, 1.82) is 0 Å². The van der Waals surface area contributed by atoms with E-state index in [9.17, 15) is 14.7 Å². The van der Waals surface area contributed by atoms with Gasteiger partial charge in [-0.2, -0.15) is 0 Å². The van der Waals surface area contributed by atoms with E-state index in [2.05, 4.69) is 10.6 Å². The Morgan fingerprint density at radius 2 is 1.83 bits per heavy atom. The molecule has 0 saturated heterocycles. The molecule has 3 unspecified atom stereocenters. The van der Waals surface area contributed by atoms with Gasteiger partial charge >= 0.3 is 12.0 Å². The quantitative estimate of drug-likeness (QED) is 0.667. The van der Waals surface area contributed by atoms with Gasteiger partial charge in [-0.05, 0) is 62.2 Å². The first-order valence-corrected chi connectivity index (χ1v) is 9.17. The Balaban J connectivity index is 1.59. The number of urea groups is 1. The molecular formula is C18H30N2O4. The first-order chi connectivity index (χ1) is 11.3. The maximum absolute atomic E-state index is 12.4. The van der Waals surface area contributed by atoms with Crippen LogP contribution in [0.3, 0.4) is 0 Å². The molecule has 4 aliphatic rings. The zero-order valence-corrected chi connectivity index (χ0v) is 14.9.